The van der Waals surface area contributed by atoms with E-state index in [1.165, 1.54) is 0 Å². The van der Waals surface area contributed by atoms with Crippen LogP contribution in [0.1, 0.15) is 19.8 Å². The highest BCUT2D eigenvalue weighted by Gasteiger charge is 2.28. The van der Waals surface area contributed by atoms with E-state index in [1.807, 2.05) is 6.07 Å². The summed E-state index contributed by atoms with van der Waals surface area (Å²) in [5, 5.41) is 19.4. The van der Waals surface area contributed by atoms with Gasteiger partial charge in [0.25, 0.3) is 0 Å². The molecule has 2 aromatic heterocycles. The van der Waals surface area contributed by atoms with Crippen LogP contribution in [-0.2, 0) is 0 Å². The highest BCUT2D eigenvalue weighted by molar-refractivity contribution is 5.77. The Morgan fingerprint density at radius 1 is 1.31 bits per heavy atom. The standard InChI is InChI=1S/C17H22FN7O/c1-2-14-21-11-7-16(20-8-12(11)22-14)23-15-3-5-19-17(24-15)25-6-4-13(26)10(18)9-25/h3,5,7-8,10,13-14,21-22,26H,2,4,6,9H2,1H3,(H,19,20,23,24)/t10?,13-,14?/m1/s1. The Kier molecular flexibility index (Phi) is 4.46. The van der Waals surface area contributed by atoms with E-state index < -0.39 is 12.3 Å². The van der Waals surface area contributed by atoms with Crippen LogP contribution in [0.25, 0.3) is 0 Å². The van der Waals surface area contributed by atoms with Crippen LogP contribution in [0, 0.1) is 0 Å². The maximum Gasteiger partial charge on any atom is 0.227 e. The molecule has 3 atom stereocenters. The summed E-state index contributed by atoms with van der Waals surface area (Å²) in [7, 11) is 0. The minimum Gasteiger partial charge on any atom is -0.390 e. The lowest BCUT2D eigenvalue weighted by molar-refractivity contribution is 0.0612. The maximum atomic E-state index is 13.8. The van der Waals surface area contributed by atoms with Gasteiger partial charge < -0.3 is 26.0 Å². The Bertz CT molecular complexity index is 789. The molecule has 4 rings (SSSR count). The zero-order valence-electron chi connectivity index (χ0n) is 14.5. The number of alkyl halides is 1. The predicted molar refractivity (Wildman–Crippen MR) is 98.6 cm³/mol. The lowest BCUT2D eigenvalue weighted by atomic mass is 10.1. The molecule has 0 radical (unpaired) electrons. The minimum absolute atomic E-state index is 0.0930. The van der Waals surface area contributed by atoms with Crippen molar-refractivity contribution in [2.45, 2.75) is 38.2 Å². The summed E-state index contributed by atoms with van der Waals surface area (Å²) in [6, 6.07) is 3.67. The fourth-order valence-corrected chi connectivity index (χ4v) is 3.15. The lowest BCUT2D eigenvalue weighted by Crippen LogP contribution is -2.45. The minimum atomic E-state index is -1.28. The summed E-state index contributed by atoms with van der Waals surface area (Å²) in [5.74, 6) is 1.69. The maximum absolute atomic E-state index is 13.8. The lowest BCUT2D eigenvalue weighted by Gasteiger charge is -2.32. The van der Waals surface area contributed by atoms with Crippen molar-refractivity contribution < 1.29 is 9.50 Å². The first kappa shape index (κ1) is 16.8. The third-order valence-electron chi connectivity index (χ3n) is 4.66. The third-order valence-corrected chi connectivity index (χ3v) is 4.66. The van der Waals surface area contributed by atoms with Gasteiger partial charge in [-0.15, -0.1) is 0 Å². The van der Waals surface area contributed by atoms with Crippen LogP contribution in [0.4, 0.5) is 33.3 Å². The molecule has 0 aliphatic carbocycles. The number of rotatable bonds is 4. The van der Waals surface area contributed by atoms with E-state index in [1.54, 1.807) is 23.4 Å². The summed E-state index contributed by atoms with van der Waals surface area (Å²) in [6.45, 7) is 2.72. The number of nitrogens with zero attached hydrogens (tertiary/aromatic N) is 4. The Labute approximate surface area is 150 Å². The second kappa shape index (κ2) is 6.91. The molecule has 4 heterocycles. The smallest absolute Gasteiger partial charge is 0.227 e. The van der Waals surface area contributed by atoms with E-state index >= 15 is 0 Å². The zero-order valence-corrected chi connectivity index (χ0v) is 14.5. The van der Waals surface area contributed by atoms with E-state index in [2.05, 4.69) is 37.8 Å². The van der Waals surface area contributed by atoms with Crippen LogP contribution in [0.15, 0.2) is 24.5 Å². The molecule has 8 nitrogen and oxygen atoms in total. The van der Waals surface area contributed by atoms with Crippen molar-refractivity contribution in [2.24, 2.45) is 0 Å². The van der Waals surface area contributed by atoms with E-state index in [0.717, 1.165) is 17.8 Å². The van der Waals surface area contributed by atoms with Crippen molar-refractivity contribution in [3.05, 3.63) is 24.5 Å². The molecule has 2 aliphatic heterocycles. The van der Waals surface area contributed by atoms with E-state index in [9.17, 15) is 9.50 Å². The molecular formula is C17H22FN7O. The third kappa shape index (κ3) is 3.34. The Morgan fingerprint density at radius 3 is 2.96 bits per heavy atom. The molecule has 2 unspecified atom stereocenters. The molecular weight excluding hydrogens is 337 g/mol. The summed E-state index contributed by atoms with van der Waals surface area (Å²) in [5.41, 5.74) is 1.97. The van der Waals surface area contributed by atoms with Crippen LogP contribution < -0.4 is 20.9 Å². The molecule has 0 spiro atoms. The van der Waals surface area contributed by atoms with Gasteiger partial charge in [-0.2, -0.15) is 4.98 Å². The van der Waals surface area contributed by atoms with Crippen molar-refractivity contribution in [3.63, 3.8) is 0 Å². The SMILES string of the molecule is CCC1Nc2cnc(Nc3ccnc(N4CC[C@@H](O)C(F)C4)n3)cc2N1. The molecule has 0 amide bonds. The molecule has 0 bridgehead atoms. The number of halogens is 1. The van der Waals surface area contributed by atoms with Gasteiger partial charge in [-0.1, -0.05) is 6.92 Å². The van der Waals surface area contributed by atoms with E-state index in [0.29, 0.717) is 30.5 Å². The van der Waals surface area contributed by atoms with Gasteiger partial charge in [0.2, 0.25) is 5.95 Å². The molecule has 2 aliphatic rings. The Balaban J connectivity index is 1.48. The monoisotopic (exact) mass is 359 g/mol. The van der Waals surface area contributed by atoms with E-state index in [4.69, 9.17) is 0 Å². The zero-order chi connectivity index (χ0) is 18.1. The number of aliphatic hydroxyl groups is 1. The molecule has 2 aromatic rings. The Morgan fingerprint density at radius 2 is 2.15 bits per heavy atom. The quantitative estimate of drug-likeness (QED) is 0.659. The molecule has 1 fully saturated rings. The number of aliphatic hydroxyl groups excluding tert-OH is 1. The number of nitrogens with one attached hydrogen (secondary N) is 3. The normalized spacial score (nSPS) is 24.6. The van der Waals surface area contributed by atoms with Crippen LogP contribution in [0.3, 0.4) is 0 Å². The molecule has 0 saturated carbocycles. The molecule has 9 heteroatoms. The van der Waals surface area contributed by atoms with E-state index in [-0.39, 0.29) is 12.7 Å². The first-order chi connectivity index (χ1) is 12.6. The number of piperidine rings is 1. The highest BCUT2D eigenvalue weighted by Crippen LogP contribution is 2.31. The Hall–Kier alpha value is -2.68. The predicted octanol–water partition coefficient (Wildman–Crippen LogP) is 2.10. The van der Waals surface area contributed by atoms with Crippen LogP contribution >= 0.6 is 0 Å². The number of fused-ring (bicyclic) bond motifs is 1. The summed E-state index contributed by atoms with van der Waals surface area (Å²) in [6.07, 6.45) is 2.77. The van der Waals surface area contributed by atoms with Crippen LogP contribution in [0.5, 0.6) is 0 Å². The second-order valence-corrected chi connectivity index (χ2v) is 6.55. The molecule has 0 aromatic carbocycles. The van der Waals surface area contributed by atoms with Crippen molar-refractivity contribution in [2.75, 3.05) is 33.9 Å². The van der Waals surface area contributed by atoms with Gasteiger partial charge in [0.1, 0.15) is 17.8 Å². The summed E-state index contributed by atoms with van der Waals surface area (Å²) in [4.78, 5) is 14.8. The van der Waals surface area contributed by atoms with Gasteiger partial charge in [0.05, 0.1) is 36.4 Å². The molecule has 1 saturated heterocycles. The largest absolute Gasteiger partial charge is 0.390 e. The topological polar surface area (TPSA) is 98.2 Å². The van der Waals surface area contributed by atoms with Gasteiger partial charge in [-0.3, -0.25) is 0 Å². The second-order valence-electron chi connectivity index (χ2n) is 6.55. The molecule has 138 valence electrons. The molecule has 4 N–H and O–H groups in total. The fraction of sp³-hybridized carbons (Fsp3) is 0.471. The van der Waals surface area contributed by atoms with Crippen molar-refractivity contribution in [1.82, 2.24) is 15.0 Å². The first-order valence-corrected chi connectivity index (χ1v) is 8.82. The average molecular weight is 359 g/mol. The van der Waals surface area contributed by atoms with Gasteiger partial charge in [-0.05, 0) is 18.9 Å². The summed E-state index contributed by atoms with van der Waals surface area (Å²) < 4.78 is 13.8. The van der Waals surface area contributed by atoms with Gasteiger partial charge >= 0.3 is 0 Å². The van der Waals surface area contributed by atoms with Gasteiger partial charge in [-0.25, -0.2) is 14.4 Å². The number of pyridine rings is 1. The summed E-state index contributed by atoms with van der Waals surface area (Å²) >= 11 is 0. The van der Waals surface area contributed by atoms with Gasteiger partial charge in [0.15, 0.2) is 0 Å². The number of hydrogen-bond donors (Lipinski definition) is 4. The van der Waals surface area contributed by atoms with Gasteiger partial charge in [0, 0.05) is 18.8 Å². The fourth-order valence-electron chi connectivity index (χ4n) is 3.15. The molecule has 26 heavy (non-hydrogen) atoms. The number of anilines is 5. The average Bonchev–Trinajstić information content (AvgIpc) is 3.07. The number of aromatic nitrogens is 3. The van der Waals surface area contributed by atoms with Crippen molar-refractivity contribution in [1.29, 1.82) is 0 Å². The van der Waals surface area contributed by atoms with Crippen molar-refractivity contribution >= 4 is 29.0 Å². The number of hydrogen-bond acceptors (Lipinski definition) is 8. The highest BCUT2D eigenvalue weighted by atomic mass is 19.1. The van der Waals surface area contributed by atoms with Crippen molar-refractivity contribution in [3.8, 4) is 0 Å². The first-order valence-electron chi connectivity index (χ1n) is 8.82. The van der Waals surface area contributed by atoms with Crippen LogP contribution in [-0.4, -0.2) is 51.6 Å². The van der Waals surface area contributed by atoms with Crippen LogP contribution in [0.2, 0.25) is 0 Å².